The quantitative estimate of drug-likeness (QED) is 0.603. The Kier molecular flexibility index (Phi) is 5.63. The lowest BCUT2D eigenvalue weighted by atomic mass is 9.92. The normalized spacial score (nSPS) is 23.8. The van der Waals surface area contributed by atoms with Crippen LogP contribution in [0.15, 0.2) is 22.7 Å². The molecule has 1 N–H and O–H groups in total. The smallest absolute Gasteiger partial charge is 0.407 e. The predicted octanol–water partition coefficient (Wildman–Crippen LogP) is 5.00. The molecule has 170 valence electrons. The number of ether oxygens (including phenoxy) is 2. The van der Waals surface area contributed by atoms with Gasteiger partial charge in [0.05, 0.1) is 35.5 Å². The number of nitrogens with one attached hydrogen (secondary N) is 1. The minimum absolute atomic E-state index is 0.157. The Morgan fingerprint density at radius 3 is 2.69 bits per heavy atom. The molecule has 2 aromatic heterocycles. The number of fused-ring (bicyclic) bond motifs is 1. The number of imidazole rings is 1. The van der Waals surface area contributed by atoms with Crippen molar-refractivity contribution in [3.63, 3.8) is 0 Å². The van der Waals surface area contributed by atoms with Gasteiger partial charge in [0, 0.05) is 24.6 Å². The average Bonchev–Trinajstić information content (AvgIpc) is 3.33. The first kappa shape index (κ1) is 21.0. The van der Waals surface area contributed by atoms with Gasteiger partial charge in [-0.2, -0.15) is 0 Å². The number of nitrogens with zero attached hydrogens (tertiary/aromatic N) is 3. The second kappa shape index (κ2) is 8.58. The second-order valence-electron chi connectivity index (χ2n) is 8.75. The Morgan fingerprint density at radius 1 is 1.19 bits per heavy atom. The monoisotopic (exact) mass is 438 g/mol. The van der Waals surface area contributed by atoms with E-state index in [0.29, 0.717) is 25.2 Å². The van der Waals surface area contributed by atoms with Crippen LogP contribution in [0, 0.1) is 13.8 Å². The molecule has 1 atom stereocenters. The average molecular weight is 439 g/mol. The molecule has 1 amide bonds. The number of rotatable bonds is 5. The lowest BCUT2D eigenvalue weighted by Gasteiger charge is -2.32. The summed E-state index contributed by atoms with van der Waals surface area (Å²) in [5, 5.41) is 7.07. The minimum atomic E-state index is -0.378. The largest absolute Gasteiger partial charge is 0.449 e. The standard InChI is InChI=1S/C24H30N4O4/c1-4-30-18-8-6-17(7-9-18)28-21-10-5-16(22-14(2)27-32-15(22)3)13-20(21)25-23(28)19-11-12-31-24(29)26-19/h5,10,13,17-19H,4,6-9,11-12H2,1-3H3,(H,26,29)/t17-,18-,19-/m0/s1. The third-order valence-electron chi connectivity index (χ3n) is 6.69. The molecule has 3 heterocycles. The molecule has 1 aliphatic carbocycles. The third kappa shape index (κ3) is 3.77. The third-order valence-corrected chi connectivity index (χ3v) is 6.69. The van der Waals surface area contributed by atoms with E-state index in [-0.39, 0.29) is 12.1 Å². The van der Waals surface area contributed by atoms with Crippen LogP contribution in [0.4, 0.5) is 4.79 Å². The first-order chi connectivity index (χ1) is 15.5. The summed E-state index contributed by atoms with van der Waals surface area (Å²) in [5.41, 5.74) is 4.94. The van der Waals surface area contributed by atoms with Gasteiger partial charge in [0.15, 0.2) is 0 Å². The molecule has 0 radical (unpaired) electrons. The van der Waals surface area contributed by atoms with Crippen LogP contribution < -0.4 is 5.32 Å². The van der Waals surface area contributed by atoms with Crippen LogP contribution in [-0.2, 0) is 9.47 Å². The lowest BCUT2D eigenvalue weighted by molar-refractivity contribution is 0.0269. The number of cyclic esters (lactones) is 1. The molecule has 1 aliphatic heterocycles. The zero-order chi connectivity index (χ0) is 22.2. The Morgan fingerprint density at radius 2 is 2.00 bits per heavy atom. The van der Waals surface area contributed by atoms with Gasteiger partial charge >= 0.3 is 6.09 Å². The number of hydrogen-bond acceptors (Lipinski definition) is 6. The summed E-state index contributed by atoms with van der Waals surface area (Å²) >= 11 is 0. The highest BCUT2D eigenvalue weighted by Gasteiger charge is 2.31. The van der Waals surface area contributed by atoms with Crippen molar-refractivity contribution in [2.45, 2.75) is 71.1 Å². The van der Waals surface area contributed by atoms with Crippen LogP contribution in [0.2, 0.25) is 0 Å². The molecule has 2 aliphatic rings. The van der Waals surface area contributed by atoms with E-state index < -0.39 is 0 Å². The maximum absolute atomic E-state index is 11.9. The van der Waals surface area contributed by atoms with Gasteiger partial charge in [-0.05, 0) is 64.2 Å². The highest BCUT2D eigenvalue weighted by molar-refractivity contribution is 5.84. The summed E-state index contributed by atoms with van der Waals surface area (Å²) in [5.74, 6) is 1.71. The van der Waals surface area contributed by atoms with Crippen LogP contribution in [0.1, 0.15) is 68.4 Å². The van der Waals surface area contributed by atoms with Crippen LogP contribution in [0.5, 0.6) is 0 Å². The number of carbonyl (C=O) groups is 1. The Bertz CT molecular complexity index is 1110. The highest BCUT2D eigenvalue weighted by Crippen LogP contribution is 2.38. The second-order valence-corrected chi connectivity index (χ2v) is 8.75. The van der Waals surface area contributed by atoms with E-state index >= 15 is 0 Å². The molecule has 0 spiro atoms. The van der Waals surface area contributed by atoms with Crippen LogP contribution in [0.25, 0.3) is 22.2 Å². The number of aryl methyl sites for hydroxylation is 2. The van der Waals surface area contributed by atoms with Crippen molar-refractivity contribution < 1.29 is 18.8 Å². The van der Waals surface area contributed by atoms with Gasteiger partial charge in [0.25, 0.3) is 0 Å². The van der Waals surface area contributed by atoms with Crippen LogP contribution >= 0.6 is 0 Å². The Labute approximate surface area is 187 Å². The molecule has 1 saturated carbocycles. The SMILES string of the molecule is CCO[C@H]1CC[C@H](n2c([C@@H]3CCOC(=O)N3)nc3cc(-c4c(C)noc4C)ccc32)CC1. The summed E-state index contributed by atoms with van der Waals surface area (Å²) in [4.78, 5) is 17.0. The highest BCUT2D eigenvalue weighted by atomic mass is 16.6. The fraction of sp³-hybridized carbons (Fsp3) is 0.542. The molecule has 3 aromatic rings. The molecule has 5 rings (SSSR count). The molecular weight excluding hydrogens is 408 g/mol. The van der Waals surface area contributed by atoms with Crippen LogP contribution in [-0.4, -0.2) is 40.1 Å². The molecule has 0 unspecified atom stereocenters. The minimum Gasteiger partial charge on any atom is -0.449 e. The molecule has 0 bridgehead atoms. The van der Waals surface area contributed by atoms with Crippen molar-refractivity contribution in [3.8, 4) is 11.1 Å². The van der Waals surface area contributed by atoms with Gasteiger partial charge in [0.2, 0.25) is 0 Å². The summed E-state index contributed by atoms with van der Waals surface area (Å²) in [6, 6.07) is 6.54. The molecule has 1 saturated heterocycles. The number of amides is 1. The number of aromatic nitrogens is 3. The number of benzene rings is 1. The fourth-order valence-electron chi connectivity index (χ4n) is 5.22. The zero-order valence-corrected chi connectivity index (χ0v) is 18.9. The van der Waals surface area contributed by atoms with Crippen molar-refractivity contribution in [2.24, 2.45) is 0 Å². The predicted molar refractivity (Wildman–Crippen MR) is 119 cm³/mol. The van der Waals surface area contributed by atoms with E-state index in [4.69, 9.17) is 19.0 Å². The summed E-state index contributed by atoms with van der Waals surface area (Å²) < 4.78 is 18.7. The number of carbonyl (C=O) groups excluding carboxylic acids is 1. The van der Waals surface area contributed by atoms with E-state index in [1.807, 2.05) is 13.8 Å². The molecule has 1 aromatic carbocycles. The molecule has 8 nitrogen and oxygen atoms in total. The topological polar surface area (TPSA) is 91.4 Å². The molecule has 8 heteroatoms. The summed E-state index contributed by atoms with van der Waals surface area (Å²) in [6.07, 6.45) is 4.81. The molecule has 32 heavy (non-hydrogen) atoms. The van der Waals surface area contributed by atoms with Gasteiger partial charge in [-0.15, -0.1) is 0 Å². The van der Waals surface area contributed by atoms with Crippen molar-refractivity contribution >= 4 is 17.1 Å². The zero-order valence-electron chi connectivity index (χ0n) is 18.9. The summed E-state index contributed by atoms with van der Waals surface area (Å²) in [6.45, 7) is 7.10. The maximum Gasteiger partial charge on any atom is 0.407 e. The van der Waals surface area contributed by atoms with Crippen molar-refractivity contribution in [3.05, 3.63) is 35.5 Å². The van der Waals surface area contributed by atoms with E-state index in [2.05, 4.69) is 40.2 Å². The van der Waals surface area contributed by atoms with Crippen LogP contribution in [0.3, 0.4) is 0 Å². The Balaban J connectivity index is 1.56. The van der Waals surface area contributed by atoms with Crippen molar-refractivity contribution in [2.75, 3.05) is 13.2 Å². The van der Waals surface area contributed by atoms with E-state index in [0.717, 1.165) is 71.7 Å². The van der Waals surface area contributed by atoms with E-state index in [9.17, 15) is 4.79 Å². The van der Waals surface area contributed by atoms with Gasteiger partial charge in [-0.25, -0.2) is 9.78 Å². The van der Waals surface area contributed by atoms with Gasteiger partial charge in [-0.3, -0.25) is 0 Å². The van der Waals surface area contributed by atoms with E-state index in [1.165, 1.54) is 0 Å². The number of alkyl carbamates (subject to hydrolysis) is 1. The molecule has 2 fully saturated rings. The first-order valence-corrected chi connectivity index (χ1v) is 11.5. The fourth-order valence-corrected chi connectivity index (χ4v) is 5.22. The van der Waals surface area contributed by atoms with Gasteiger partial charge in [0.1, 0.15) is 11.6 Å². The summed E-state index contributed by atoms with van der Waals surface area (Å²) in [7, 11) is 0. The lowest BCUT2D eigenvalue weighted by Crippen LogP contribution is -2.37. The Hall–Kier alpha value is -2.87. The van der Waals surface area contributed by atoms with Gasteiger partial charge < -0.3 is 23.9 Å². The number of hydrogen-bond donors (Lipinski definition) is 1. The van der Waals surface area contributed by atoms with Gasteiger partial charge in [-0.1, -0.05) is 11.2 Å². The maximum atomic E-state index is 11.9. The van der Waals surface area contributed by atoms with Crippen molar-refractivity contribution in [1.82, 2.24) is 20.0 Å². The van der Waals surface area contributed by atoms with E-state index in [1.54, 1.807) is 0 Å². The van der Waals surface area contributed by atoms with Crippen molar-refractivity contribution in [1.29, 1.82) is 0 Å². The molecular formula is C24H30N4O4. The first-order valence-electron chi connectivity index (χ1n) is 11.5.